The predicted octanol–water partition coefficient (Wildman–Crippen LogP) is 5.32. The molecule has 5 aromatic rings. The molecule has 5 heterocycles. The molecule has 12 nitrogen and oxygen atoms in total. The van der Waals surface area contributed by atoms with Crippen molar-refractivity contribution in [1.82, 2.24) is 35.1 Å². The van der Waals surface area contributed by atoms with Crippen LogP contribution in [0.5, 0.6) is 0 Å². The van der Waals surface area contributed by atoms with Gasteiger partial charge in [0.25, 0.3) is 5.56 Å². The average Bonchev–Trinajstić information content (AvgIpc) is 3.89. The minimum atomic E-state index is -0.213. The summed E-state index contributed by atoms with van der Waals surface area (Å²) in [5.41, 5.74) is 4.47. The van der Waals surface area contributed by atoms with E-state index in [1.54, 1.807) is 18.5 Å². The molecule has 0 saturated carbocycles. The van der Waals surface area contributed by atoms with Crippen LogP contribution in [0.15, 0.2) is 64.6 Å². The number of aromatic nitrogens is 4. The summed E-state index contributed by atoms with van der Waals surface area (Å²) < 4.78 is 1.52. The molecular weight excluding hydrogens is 667 g/mol. The third-order valence-electron chi connectivity index (χ3n) is 8.91. The molecule has 2 aliphatic rings. The van der Waals surface area contributed by atoms with Gasteiger partial charge in [0.1, 0.15) is 11.5 Å². The molecule has 7 rings (SSSR count). The Morgan fingerprint density at radius 3 is 2.12 bits per heavy atom. The molecule has 2 unspecified atom stereocenters. The number of fused-ring (bicyclic) bond motifs is 1. The molecular formula is C35H32Cl2N8O4. The number of aliphatic imine (C=N–C) groups is 1. The number of aldehydes is 1. The second-order valence-electron chi connectivity index (χ2n) is 12.4. The zero-order valence-electron chi connectivity index (χ0n) is 26.4. The number of aromatic amines is 2. The quantitative estimate of drug-likeness (QED) is 0.0878. The van der Waals surface area contributed by atoms with E-state index in [-0.39, 0.29) is 29.5 Å². The Morgan fingerprint density at radius 2 is 1.51 bits per heavy atom. The van der Waals surface area contributed by atoms with Crippen molar-refractivity contribution >= 4 is 64.5 Å². The smallest absolute Gasteiger partial charge is 0.262 e. The maximum Gasteiger partial charge on any atom is 0.262 e. The van der Waals surface area contributed by atoms with Crippen molar-refractivity contribution in [2.24, 2.45) is 4.99 Å². The van der Waals surface area contributed by atoms with Crippen LogP contribution in [0.25, 0.3) is 44.7 Å². The molecule has 0 aliphatic carbocycles. The third kappa shape index (κ3) is 6.49. The van der Waals surface area contributed by atoms with E-state index in [1.807, 2.05) is 48.3 Å². The maximum atomic E-state index is 13.3. The molecule has 2 fully saturated rings. The Balaban J connectivity index is 1.16. The Kier molecular flexibility index (Phi) is 8.82. The summed E-state index contributed by atoms with van der Waals surface area (Å²) in [5, 5.41) is 7.08. The zero-order chi connectivity index (χ0) is 34.2. The molecule has 2 atom stereocenters. The van der Waals surface area contributed by atoms with Crippen LogP contribution < -0.4 is 16.2 Å². The van der Waals surface area contributed by atoms with Crippen molar-refractivity contribution in [3.8, 4) is 33.6 Å². The Bertz CT molecular complexity index is 2200. The van der Waals surface area contributed by atoms with Gasteiger partial charge in [0.2, 0.25) is 11.8 Å². The van der Waals surface area contributed by atoms with Crippen molar-refractivity contribution in [2.45, 2.75) is 44.3 Å². The fraction of sp³-hybridized carbons (Fsp3) is 0.257. The summed E-state index contributed by atoms with van der Waals surface area (Å²) in [6.07, 6.45) is 6.26. The Morgan fingerprint density at radius 1 is 0.898 bits per heavy atom. The van der Waals surface area contributed by atoms with Gasteiger partial charge in [0.05, 0.1) is 33.7 Å². The van der Waals surface area contributed by atoms with E-state index < -0.39 is 0 Å². The van der Waals surface area contributed by atoms with Crippen LogP contribution in [0, 0.1) is 0 Å². The molecule has 0 bridgehead atoms. The van der Waals surface area contributed by atoms with Gasteiger partial charge in [-0.05, 0) is 25.0 Å². The molecule has 2 aliphatic heterocycles. The fourth-order valence-electron chi connectivity index (χ4n) is 6.43. The minimum absolute atomic E-state index is 0.0129. The highest BCUT2D eigenvalue weighted by Gasteiger charge is 2.24. The summed E-state index contributed by atoms with van der Waals surface area (Å²) in [4.78, 5) is 65.7. The van der Waals surface area contributed by atoms with Crippen LogP contribution in [0.1, 0.15) is 36.0 Å². The molecule has 3 aromatic heterocycles. The number of H-pyrrole nitrogens is 2. The van der Waals surface area contributed by atoms with Gasteiger partial charge in [-0.25, -0.2) is 9.98 Å². The van der Waals surface area contributed by atoms with Crippen LogP contribution in [0.3, 0.4) is 0 Å². The topological polar surface area (TPSA) is 157 Å². The van der Waals surface area contributed by atoms with Crippen molar-refractivity contribution in [3.63, 3.8) is 0 Å². The van der Waals surface area contributed by atoms with Crippen LogP contribution in [-0.2, 0) is 16.1 Å². The number of halogens is 2. The van der Waals surface area contributed by atoms with E-state index in [4.69, 9.17) is 23.2 Å². The monoisotopic (exact) mass is 698 g/mol. The Labute approximate surface area is 290 Å². The van der Waals surface area contributed by atoms with Crippen molar-refractivity contribution < 1.29 is 14.4 Å². The highest BCUT2D eigenvalue weighted by atomic mass is 35.5. The number of benzene rings is 2. The van der Waals surface area contributed by atoms with Crippen molar-refractivity contribution in [1.29, 1.82) is 0 Å². The van der Waals surface area contributed by atoms with Gasteiger partial charge >= 0.3 is 0 Å². The summed E-state index contributed by atoms with van der Waals surface area (Å²) in [6.45, 7) is 0.946. The normalized spacial score (nSPS) is 17.6. The van der Waals surface area contributed by atoms with Gasteiger partial charge in [0.15, 0.2) is 6.29 Å². The molecule has 49 heavy (non-hydrogen) atoms. The van der Waals surface area contributed by atoms with Crippen LogP contribution >= 0.6 is 23.2 Å². The third-order valence-corrected chi connectivity index (χ3v) is 9.73. The number of nitrogens with one attached hydrogen (secondary N) is 4. The van der Waals surface area contributed by atoms with Gasteiger partial charge < -0.3 is 25.5 Å². The van der Waals surface area contributed by atoms with E-state index in [1.165, 1.54) is 10.9 Å². The van der Waals surface area contributed by atoms with E-state index >= 15 is 0 Å². The van der Waals surface area contributed by atoms with E-state index in [0.29, 0.717) is 98.5 Å². The van der Waals surface area contributed by atoms with Gasteiger partial charge in [-0.15, -0.1) is 0 Å². The molecule has 250 valence electrons. The standard InChI is InChI=1S/C35H32Cl2N8O4/c1-44(14-20-8-10-29(47)40-20)17-38-33-19(16-46)12-27(42-33)24-6-2-4-22(31(24)36)23-5-3-7-25(32(23)37)28-13-26-34(43-28)39-18-45(35(26)49)15-21-9-11-30(48)41-21/h2-7,12-13,16-18,20-21,42-43H,8-11,14-15H2,1H3,(H,40,47)(H,41,48)/b38-17-. The molecule has 4 N–H and O–H groups in total. The van der Waals surface area contributed by atoms with Crippen molar-refractivity contribution in [2.75, 3.05) is 13.6 Å². The lowest BCUT2D eigenvalue weighted by Crippen LogP contribution is -2.36. The lowest BCUT2D eigenvalue weighted by molar-refractivity contribution is -0.120. The van der Waals surface area contributed by atoms with Gasteiger partial charge in [-0.3, -0.25) is 23.7 Å². The number of nitrogens with zero attached hydrogens (tertiary/aromatic N) is 4. The first-order valence-electron chi connectivity index (χ1n) is 15.9. The second-order valence-corrected chi connectivity index (χ2v) is 13.1. The highest BCUT2D eigenvalue weighted by molar-refractivity contribution is 6.39. The SMILES string of the molecule is CN(/C=N\c1[nH]c(-c2cccc(-c3cccc(-c4cc5c(=O)n(CC6CCC(=O)N6)cnc5[nH]4)c3Cl)c2Cl)cc1C=O)CC1CCC(=O)N1. The number of carbonyl (C=O) groups is 3. The number of carbonyl (C=O) groups excluding carboxylic acids is 3. The highest BCUT2D eigenvalue weighted by Crippen LogP contribution is 2.42. The molecule has 0 spiro atoms. The first-order valence-corrected chi connectivity index (χ1v) is 16.6. The number of hydrogen-bond donors (Lipinski definition) is 4. The molecule has 0 radical (unpaired) electrons. The molecule has 2 aromatic carbocycles. The molecule has 2 saturated heterocycles. The van der Waals surface area contributed by atoms with Crippen LogP contribution in [0.4, 0.5) is 5.82 Å². The number of hydrogen-bond acceptors (Lipinski definition) is 6. The first kappa shape index (κ1) is 32.4. The van der Waals surface area contributed by atoms with Gasteiger partial charge in [-0.1, -0.05) is 59.6 Å². The van der Waals surface area contributed by atoms with Crippen molar-refractivity contribution in [3.05, 3.63) is 80.8 Å². The predicted molar refractivity (Wildman–Crippen MR) is 190 cm³/mol. The molecule has 2 amide bonds. The van der Waals surface area contributed by atoms with E-state index in [0.717, 1.165) is 12.7 Å². The summed E-state index contributed by atoms with van der Waals surface area (Å²) in [5.74, 6) is 0.420. The average molecular weight is 700 g/mol. The van der Waals surface area contributed by atoms with Gasteiger partial charge in [-0.2, -0.15) is 0 Å². The van der Waals surface area contributed by atoms with Crippen LogP contribution in [0.2, 0.25) is 10.0 Å². The summed E-state index contributed by atoms with van der Waals surface area (Å²) in [7, 11) is 1.86. The Hall–Kier alpha value is -5.20. The number of rotatable bonds is 10. The zero-order valence-corrected chi connectivity index (χ0v) is 27.9. The maximum absolute atomic E-state index is 13.3. The second kappa shape index (κ2) is 13.4. The number of likely N-dealkylation sites (N-methyl/N-ethyl adjacent to an activating group) is 1. The summed E-state index contributed by atoms with van der Waals surface area (Å²) >= 11 is 14.1. The lowest BCUT2D eigenvalue weighted by Gasteiger charge is -2.17. The van der Waals surface area contributed by atoms with Crippen LogP contribution in [-0.4, -0.2) is 74.5 Å². The lowest BCUT2D eigenvalue weighted by atomic mass is 9.98. The minimum Gasteiger partial charge on any atom is -0.364 e. The van der Waals surface area contributed by atoms with E-state index in [2.05, 4.69) is 30.6 Å². The fourth-order valence-corrected chi connectivity index (χ4v) is 7.09. The first-order chi connectivity index (χ1) is 23.7. The number of amides is 2. The molecule has 14 heteroatoms. The summed E-state index contributed by atoms with van der Waals surface area (Å²) in [6, 6.07) is 14.5. The van der Waals surface area contributed by atoms with Gasteiger partial charge in [0, 0.05) is 78.7 Å². The van der Waals surface area contributed by atoms with E-state index in [9.17, 15) is 19.2 Å². The largest absolute Gasteiger partial charge is 0.364 e.